The van der Waals surface area contributed by atoms with Crippen LogP contribution in [0.25, 0.3) is 16.6 Å². The molecule has 30 heavy (non-hydrogen) atoms. The summed E-state index contributed by atoms with van der Waals surface area (Å²) in [6.07, 6.45) is 1.10. The van der Waals surface area contributed by atoms with Gasteiger partial charge in [0.05, 0.1) is 5.52 Å². The van der Waals surface area contributed by atoms with E-state index in [0.29, 0.717) is 44.6 Å². The van der Waals surface area contributed by atoms with Crippen LogP contribution in [-0.4, -0.2) is 63.1 Å². The molecule has 0 unspecified atom stereocenters. The number of carbonyl (C=O) groups is 2. The van der Waals surface area contributed by atoms with Crippen LogP contribution in [0.15, 0.2) is 54.6 Å². The van der Waals surface area contributed by atoms with Crippen molar-refractivity contribution in [3.05, 3.63) is 65.9 Å². The van der Waals surface area contributed by atoms with Gasteiger partial charge >= 0.3 is 0 Å². The number of hydrogen-bond donors (Lipinski definition) is 1. The van der Waals surface area contributed by atoms with Crippen LogP contribution in [0.3, 0.4) is 0 Å². The Labute approximate surface area is 175 Å². The lowest BCUT2D eigenvalue weighted by Gasteiger charge is -2.35. The van der Waals surface area contributed by atoms with Crippen molar-refractivity contribution in [3.63, 3.8) is 0 Å². The third-order valence-electron chi connectivity index (χ3n) is 6.24. The van der Waals surface area contributed by atoms with E-state index in [0.717, 1.165) is 16.9 Å². The molecule has 0 spiro atoms. The van der Waals surface area contributed by atoms with Crippen LogP contribution >= 0.6 is 0 Å². The number of benzene rings is 2. The summed E-state index contributed by atoms with van der Waals surface area (Å²) >= 11 is 0. The molecule has 2 aliphatic rings. The first kappa shape index (κ1) is 18.9. The van der Waals surface area contributed by atoms with Gasteiger partial charge in [-0.2, -0.15) is 0 Å². The summed E-state index contributed by atoms with van der Waals surface area (Å²) in [5, 5.41) is 11.2. The Morgan fingerprint density at radius 1 is 0.900 bits per heavy atom. The summed E-state index contributed by atoms with van der Waals surface area (Å²) in [6.45, 7) is 4.00. The van der Waals surface area contributed by atoms with Crippen LogP contribution in [0.2, 0.25) is 0 Å². The molecule has 1 aliphatic heterocycles. The Kier molecular flexibility index (Phi) is 4.40. The maximum atomic E-state index is 12.9. The first-order chi connectivity index (χ1) is 14.5. The van der Waals surface area contributed by atoms with E-state index >= 15 is 0 Å². The van der Waals surface area contributed by atoms with Gasteiger partial charge in [0.1, 0.15) is 5.60 Å². The number of aryl methyl sites for hydroxylation is 1. The molecule has 0 atom stereocenters. The van der Waals surface area contributed by atoms with Crippen molar-refractivity contribution >= 4 is 22.7 Å². The zero-order valence-electron chi connectivity index (χ0n) is 17.0. The molecule has 1 N–H and O–H groups in total. The van der Waals surface area contributed by atoms with Crippen LogP contribution in [-0.2, 0) is 4.79 Å². The number of carbonyl (C=O) groups excluding carboxylic acids is 2. The van der Waals surface area contributed by atoms with Gasteiger partial charge in [-0.05, 0) is 56.2 Å². The van der Waals surface area contributed by atoms with E-state index < -0.39 is 5.60 Å². The highest BCUT2D eigenvalue weighted by atomic mass is 16.3. The smallest absolute Gasteiger partial charge is 0.254 e. The minimum absolute atomic E-state index is 0.0205. The van der Waals surface area contributed by atoms with E-state index in [1.807, 2.05) is 36.4 Å². The van der Waals surface area contributed by atoms with E-state index in [4.69, 9.17) is 0 Å². The summed E-state index contributed by atoms with van der Waals surface area (Å²) in [4.78, 5) is 28.7. The van der Waals surface area contributed by atoms with Gasteiger partial charge in [0.25, 0.3) is 11.8 Å². The van der Waals surface area contributed by atoms with Crippen molar-refractivity contribution in [2.24, 2.45) is 0 Å². The number of aliphatic hydroxyl groups is 1. The Morgan fingerprint density at radius 3 is 2.20 bits per heavy atom. The molecule has 154 valence electrons. The minimum Gasteiger partial charge on any atom is -0.380 e. The maximum Gasteiger partial charge on any atom is 0.254 e. The number of rotatable bonds is 3. The number of aromatic nitrogens is 1. The number of hydrogen-bond acceptors (Lipinski definition) is 3. The van der Waals surface area contributed by atoms with Gasteiger partial charge in [0.2, 0.25) is 0 Å². The Hall–Kier alpha value is -3.12. The highest BCUT2D eigenvalue weighted by Crippen LogP contribution is 2.37. The minimum atomic E-state index is -1.14. The molecule has 2 amide bonds. The molecule has 3 aromatic rings. The monoisotopic (exact) mass is 403 g/mol. The van der Waals surface area contributed by atoms with Gasteiger partial charge in [0, 0.05) is 48.5 Å². The molecule has 2 fully saturated rings. The molecule has 5 rings (SSSR count). The molecule has 1 saturated heterocycles. The Morgan fingerprint density at radius 2 is 1.53 bits per heavy atom. The zero-order chi connectivity index (χ0) is 20.9. The molecule has 0 radical (unpaired) electrons. The first-order valence-corrected chi connectivity index (χ1v) is 10.4. The second kappa shape index (κ2) is 6.99. The van der Waals surface area contributed by atoms with Crippen molar-refractivity contribution in [1.82, 2.24) is 14.4 Å². The molecule has 1 saturated carbocycles. The van der Waals surface area contributed by atoms with Gasteiger partial charge in [-0.25, -0.2) is 0 Å². The zero-order valence-corrected chi connectivity index (χ0v) is 17.0. The van der Waals surface area contributed by atoms with Crippen LogP contribution in [0.1, 0.15) is 28.9 Å². The van der Waals surface area contributed by atoms with Gasteiger partial charge < -0.3 is 19.5 Å². The average molecular weight is 403 g/mol. The SMILES string of the molecule is Cc1cc2ccccc2n1-c1ccc(C(=O)N2CCN(C(=O)C3(O)CC3)CC2)cc1. The number of nitrogens with zero attached hydrogens (tertiary/aromatic N) is 3. The van der Waals surface area contributed by atoms with Gasteiger partial charge in [0.15, 0.2) is 0 Å². The number of piperazine rings is 1. The highest BCUT2D eigenvalue weighted by Gasteiger charge is 2.50. The number of amides is 2. The normalized spacial score (nSPS) is 17.9. The fourth-order valence-corrected chi connectivity index (χ4v) is 4.31. The molecular formula is C24H25N3O3. The van der Waals surface area contributed by atoms with Crippen molar-refractivity contribution in [3.8, 4) is 5.69 Å². The maximum absolute atomic E-state index is 12.9. The lowest BCUT2D eigenvalue weighted by Crippen LogP contribution is -2.53. The largest absolute Gasteiger partial charge is 0.380 e. The van der Waals surface area contributed by atoms with E-state index in [1.54, 1.807) is 9.80 Å². The standard InChI is InChI=1S/C24H25N3O3/c1-17-16-19-4-2-3-5-21(19)27(17)20-8-6-18(7-9-20)22(28)25-12-14-26(15-13-25)23(29)24(30)10-11-24/h2-9,16,30H,10-15H2,1H3. The Bertz CT molecular complexity index is 1120. The van der Waals surface area contributed by atoms with Crippen molar-refractivity contribution in [1.29, 1.82) is 0 Å². The van der Waals surface area contributed by atoms with Gasteiger partial charge in [-0.15, -0.1) is 0 Å². The molecule has 1 aliphatic carbocycles. The molecular weight excluding hydrogens is 378 g/mol. The van der Waals surface area contributed by atoms with E-state index in [9.17, 15) is 14.7 Å². The Balaban J connectivity index is 1.29. The quantitative estimate of drug-likeness (QED) is 0.731. The number of fused-ring (bicyclic) bond motifs is 1. The third kappa shape index (κ3) is 3.17. The van der Waals surface area contributed by atoms with E-state index in [2.05, 4.69) is 29.7 Å². The van der Waals surface area contributed by atoms with Crippen LogP contribution in [0.5, 0.6) is 0 Å². The molecule has 6 heteroatoms. The van der Waals surface area contributed by atoms with E-state index in [-0.39, 0.29) is 11.8 Å². The molecule has 2 heterocycles. The van der Waals surface area contributed by atoms with Crippen LogP contribution < -0.4 is 0 Å². The molecule has 6 nitrogen and oxygen atoms in total. The third-order valence-corrected chi connectivity index (χ3v) is 6.24. The number of para-hydroxylation sites is 1. The first-order valence-electron chi connectivity index (χ1n) is 10.4. The predicted octanol–water partition coefficient (Wildman–Crippen LogP) is 2.75. The average Bonchev–Trinajstić information content (AvgIpc) is 3.44. The highest BCUT2D eigenvalue weighted by molar-refractivity contribution is 5.95. The fourth-order valence-electron chi connectivity index (χ4n) is 4.31. The van der Waals surface area contributed by atoms with E-state index in [1.165, 1.54) is 5.39 Å². The summed E-state index contributed by atoms with van der Waals surface area (Å²) in [5.41, 5.74) is 2.83. The van der Waals surface area contributed by atoms with Gasteiger partial charge in [-0.3, -0.25) is 9.59 Å². The topological polar surface area (TPSA) is 65.8 Å². The summed E-state index contributed by atoms with van der Waals surface area (Å²) in [5.74, 6) is -0.207. The lowest BCUT2D eigenvalue weighted by molar-refractivity contribution is -0.143. The van der Waals surface area contributed by atoms with Crippen LogP contribution in [0.4, 0.5) is 0 Å². The van der Waals surface area contributed by atoms with Crippen molar-refractivity contribution in [2.45, 2.75) is 25.4 Å². The molecule has 0 bridgehead atoms. The summed E-state index contributed by atoms with van der Waals surface area (Å²) < 4.78 is 2.19. The lowest BCUT2D eigenvalue weighted by atomic mass is 10.1. The molecule has 2 aromatic carbocycles. The second-order valence-electron chi connectivity index (χ2n) is 8.34. The fraction of sp³-hybridized carbons (Fsp3) is 0.333. The van der Waals surface area contributed by atoms with Gasteiger partial charge in [-0.1, -0.05) is 18.2 Å². The molecule has 1 aromatic heterocycles. The van der Waals surface area contributed by atoms with Crippen LogP contribution in [0, 0.1) is 6.92 Å². The summed E-state index contributed by atoms with van der Waals surface area (Å²) in [7, 11) is 0. The van der Waals surface area contributed by atoms with Crippen molar-refractivity contribution in [2.75, 3.05) is 26.2 Å². The predicted molar refractivity (Wildman–Crippen MR) is 115 cm³/mol. The van der Waals surface area contributed by atoms with Crippen molar-refractivity contribution < 1.29 is 14.7 Å². The summed E-state index contributed by atoms with van der Waals surface area (Å²) in [6, 6.07) is 18.1. The second-order valence-corrected chi connectivity index (χ2v) is 8.34.